The van der Waals surface area contributed by atoms with E-state index in [4.69, 9.17) is 19.9 Å². The third kappa shape index (κ3) is 4.38. The second-order valence-corrected chi connectivity index (χ2v) is 6.52. The van der Waals surface area contributed by atoms with Crippen LogP contribution < -0.4 is 11.4 Å². The molecule has 10 heteroatoms. The zero-order valence-electron chi connectivity index (χ0n) is 16.1. The molecule has 30 heavy (non-hydrogen) atoms. The highest BCUT2D eigenvalue weighted by Crippen LogP contribution is 2.34. The summed E-state index contributed by atoms with van der Waals surface area (Å²) in [6.45, 7) is 4.27. The minimum atomic E-state index is -1.92. The highest BCUT2D eigenvalue weighted by molar-refractivity contribution is 5.89. The number of benzene rings is 1. The van der Waals surface area contributed by atoms with Gasteiger partial charge >= 0.3 is 17.6 Å². The molecule has 2 aromatic rings. The molecule has 0 unspecified atom stereocenters. The van der Waals surface area contributed by atoms with E-state index in [-0.39, 0.29) is 5.82 Å². The number of carbonyl (C=O) groups excluding carboxylic acids is 2. The van der Waals surface area contributed by atoms with E-state index in [1.54, 1.807) is 30.3 Å². The Bertz CT molecular complexity index is 1010. The zero-order chi connectivity index (χ0) is 21.8. The second kappa shape index (κ2) is 8.87. The van der Waals surface area contributed by atoms with Crippen LogP contribution >= 0.6 is 0 Å². The number of hydrogen-bond donors (Lipinski definition) is 1. The molecule has 158 valence electrons. The molecule has 0 amide bonds. The lowest BCUT2D eigenvalue weighted by atomic mass is 10.1. The van der Waals surface area contributed by atoms with Crippen LogP contribution in [0, 0.1) is 0 Å². The number of nitrogens with two attached hydrogens (primary N) is 1. The van der Waals surface area contributed by atoms with Gasteiger partial charge in [-0.3, -0.25) is 9.36 Å². The molecule has 2 heterocycles. The summed E-state index contributed by atoms with van der Waals surface area (Å²) in [7, 11) is 0. The fourth-order valence-corrected chi connectivity index (χ4v) is 3.04. The molecule has 1 aromatic heterocycles. The average molecular weight is 417 g/mol. The standard InChI is InChI=1S/C20H20FN3O6/c1-3-12-9-24(20(27)23-17(12)22)18-15(21)16(29-11(2)25)14(30-18)10-28-19(26)13-7-5-4-6-8-13/h3-9,14-16,18H,1,10H2,2H3,(H2,22,23,27)/t14-,15+,16-,18-/m1/s1. The molecule has 0 aliphatic carbocycles. The quantitative estimate of drug-likeness (QED) is 0.702. The van der Waals surface area contributed by atoms with Crippen LogP contribution in [-0.2, 0) is 19.0 Å². The number of hydrogen-bond acceptors (Lipinski definition) is 8. The number of esters is 2. The summed E-state index contributed by atoms with van der Waals surface area (Å²) in [6, 6.07) is 8.17. The van der Waals surface area contributed by atoms with E-state index in [1.165, 1.54) is 12.3 Å². The van der Waals surface area contributed by atoms with Crippen molar-refractivity contribution in [3.63, 3.8) is 0 Å². The van der Waals surface area contributed by atoms with Gasteiger partial charge in [-0.15, -0.1) is 0 Å². The van der Waals surface area contributed by atoms with Crippen molar-refractivity contribution in [1.82, 2.24) is 9.55 Å². The summed E-state index contributed by atoms with van der Waals surface area (Å²) in [6.07, 6.45) is -3.32. The van der Waals surface area contributed by atoms with Gasteiger partial charge in [-0.1, -0.05) is 30.9 Å². The van der Waals surface area contributed by atoms with Crippen molar-refractivity contribution in [2.75, 3.05) is 12.3 Å². The van der Waals surface area contributed by atoms with E-state index in [1.807, 2.05) is 0 Å². The van der Waals surface area contributed by atoms with Crippen LogP contribution in [0.4, 0.5) is 10.2 Å². The summed E-state index contributed by atoms with van der Waals surface area (Å²) in [5.74, 6) is -1.47. The van der Waals surface area contributed by atoms with Gasteiger partial charge < -0.3 is 19.9 Å². The SMILES string of the molecule is C=Cc1cn([C@@H]2O[C@H](COC(=O)c3ccccc3)[C@@H](OC(C)=O)[C@@H]2F)c(=O)nc1N. The van der Waals surface area contributed by atoms with Gasteiger partial charge in [0.2, 0.25) is 0 Å². The van der Waals surface area contributed by atoms with Crippen LogP contribution in [0.5, 0.6) is 0 Å². The van der Waals surface area contributed by atoms with Crippen LogP contribution in [0.1, 0.15) is 29.1 Å². The molecular formula is C20H20FN3O6. The topological polar surface area (TPSA) is 123 Å². The molecule has 1 aliphatic heterocycles. The third-order valence-corrected chi connectivity index (χ3v) is 4.46. The third-order valence-electron chi connectivity index (χ3n) is 4.46. The number of ether oxygens (including phenoxy) is 3. The maximum atomic E-state index is 15.1. The first-order valence-corrected chi connectivity index (χ1v) is 9.02. The largest absolute Gasteiger partial charge is 0.459 e. The molecule has 9 nitrogen and oxygen atoms in total. The first kappa shape index (κ1) is 21.2. The Morgan fingerprint density at radius 2 is 2.07 bits per heavy atom. The molecule has 4 atom stereocenters. The molecule has 0 spiro atoms. The van der Waals surface area contributed by atoms with Gasteiger partial charge in [0.1, 0.15) is 18.5 Å². The molecule has 0 radical (unpaired) electrons. The molecule has 1 aliphatic rings. The van der Waals surface area contributed by atoms with Crippen molar-refractivity contribution in [1.29, 1.82) is 0 Å². The van der Waals surface area contributed by atoms with Gasteiger partial charge in [-0.25, -0.2) is 14.0 Å². The Kier molecular flexibility index (Phi) is 6.26. The molecule has 1 fully saturated rings. The summed E-state index contributed by atoms with van der Waals surface area (Å²) >= 11 is 0. The van der Waals surface area contributed by atoms with E-state index in [9.17, 15) is 14.4 Å². The number of aromatic nitrogens is 2. The van der Waals surface area contributed by atoms with Crippen LogP contribution in [0.25, 0.3) is 6.08 Å². The number of alkyl halides is 1. The predicted molar refractivity (Wildman–Crippen MR) is 104 cm³/mol. The Hall–Kier alpha value is -3.53. The average Bonchev–Trinajstić information content (AvgIpc) is 3.02. The van der Waals surface area contributed by atoms with Crippen LogP contribution in [0.15, 0.2) is 47.9 Å². The van der Waals surface area contributed by atoms with Crippen molar-refractivity contribution in [3.8, 4) is 0 Å². The van der Waals surface area contributed by atoms with Crippen molar-refractivity contribution in [3.05, 3.63) is 64.7 Å². The van der Waals surface area contributed by atoms with Crippen molar-refractivity contribution in [2.24, 2.45) is 0 Å². The van der Waals surface area contributed by atoms with E-state index in [0.29, 0.717) is 11.1 Å². The Morgan fingerprint density at radius 3 is 2.70 bits per heavy atom. The first-order valence-electron chi connectivity index (χ1n) is 9.02. The number of anilines is 1. The highest BCUT2D eigenvalue weighted by atomic mass is 19.1. The first-order chi connectivity index (χ1) is 14.3. The predicted octanol–water partition coefficient (Wildman–Crippen LogP) is 1.49. The summed E-state index contributed by atoms with van der Waals surface area (Å²) in [5.41, 5.74) is 5.37. The van der Waals surface area contributed by atoms with Crippen LogP contribution in [0.2, 0.25) is 0 Å². The van der Waals surface area contributed by atoms with Gasteiger partial charge in [0, 0.05) is 18.7 Å². The summed E-state index contributed by atoms with van der Waals surface area (Å²) < 4.78 is 31.8. The molecule has 1 aromatic carbocycles. The van der Waals surface area contributed by atoms with E-state index in [0.717, 1.165) is 11.5 Å². The molecule has 1 saturated heterocycles. The minimum Gasteiger partial charge on any atom is -0.459 e. The summed E-state index contributed by atoms with van der Waals surface area (Å²) in [5, 5.41) is 0. The lowest BCUT2D eigenvalue weighted by Gasteiger charge is -2.18. The van der Waals surface area contributed by atoms with Gasteiger partial charge in [-0.2, -0.15) is 4.98 Å². The van der Waals surface area contributed by atoms with E-state index >= 15 is 4.39 Å². The van der Waals surface area contributed by atoms with Gasteiger partial charge in [-0.05, 0) is 12.1 Å². The molecular weight excluding hydrogens is 397 g/mol. The maximum absolute atomic E-state index is 15.1. The number of halogens is 1. The van der Waals surface area contributed by atoms with E-state index in [2.05, 4.69) is 11.6 Å². The van der Waals surface area contributed by atoms with Crippen LogP contribution in [-0.4, -0.2) is 46.5 Å². The number of rotatable bonds is 6. The fourth-order valence-electron chi connectivity index (χ4n) is 3.04. The Morgan fingerprint density at radius 1 is 1.37 bits per heavy atom. The van der Waals surface area contributed by atoms with Crippen molar-refractivity contribution in [2.45, 2.75) is 31.5 Å². The monoisotopic (exact) mass is 417 g/mol. The summed E-state index contributed by atoms with van der Waals surface area (Å²) in [4.78, 5) is 39.5. The number of nitrogens with zero attached hydrogens (tertiary/aromatic N) is 2. The highest BCUT2D eigenvalue weighted by Gasteiger charge is 2.49. The number of carbonyl (C=O) groups is 2. The van der Waals surface area contributed by atoms with Crippen molar-refractivity contribution < 1.29 is 28.2 Å². The fraction of sp³-hybridized carbons (Fsp3) is 0.300. The smallest absolute Gasteiger partial charge is 0.351 e. The Labute approximate surface area is 170 Å². The van der Waals surface area contributed by atoms with Crippen molar-refractivity contribution >= 4 is 23.8 Å². The van der Waals surface area contributed by atoms with Crippen LogP contribution in [0.3, 0.4) is 0 Å². The van der Waals surface area contributed by atoms with Gasteiger partial charge in [0.25, 0.3) is 0 Å². The molecule has 3 rings (SSSR count). The molecule has 0 saturated carbocycles. The second-order valence-electron chi connectivity index (χ2n) is 6.52. The maximum Gasteiger partial charge on any atom is 0.351 e. The minimum absolute atomic E-state index is 0.0652. The molecule has 0 bridgehead atoms. The zero-order valence-corrected chi connectivity index (χ0v) is 16.1. The number of nitrogen functional groups attached to an aromatic ring is 1. The Balaban J connectivity index is 1.83. The molecule has 2 N–H and O–H groups in total. The lowest BCUT2D eigenvalue weighted by molar-refractivity contribution is -0.152. The lowest BCUT2D eigenvalue weighted by Crippen LogP contribution is -2.37. The van der Waals surface area contributed by atoms with E-state index < -0.39 is 48.8 Å². The normalized spacial score (nSPS) is 23.0. The van der Waals surface area contributed by atoms with Gasteiger partial charge in [0.05, 0.1) is 5.56 Å². The van der Waals surface area contributed by atoms with Gasteiger partial charge in [0.15, 0.2) is 18.5 Å².